The zero-order valence-corrected chi connectivity index (χ0v) is 37.8. The second kappa shape index (κ2) is 19.4. The van der Waals surface area contributed by atoms with Crippen LogP contribution in [0.2, 0.25) is 0 Å². The van der Waals surface area contributed by atoms with E-state index in [0.717, 1.165) is 95.8 Å². The molecule has 5 aromatic rings. The third kappa shape index (κ3) is 9.12. The highest BCUT2D eigenvalue weighted by Crippen LogP contribution is 2.52. The lowest BCUT2D eigenvalue weighted by Crippen LogP contribution is -2.47. The van der Waals surface area contributed by atoms with E-state index in [1.54, 1.807) is 18.2 Å². The molecular weight excluding hydrogens is 827 g/mol. The Balaban J connectivity index is 1.13. The maximum absolute atomic E-state index is 11.7. The summed E-state index contributed by atoms with van der Waals surface area (Å²) in [6.45, 7) is 2.00. The molecule has 1 aliphatic carbocycles. The van der Waals surface area contributed by atoms with Gasteiger partial charge in [-0.3, -0.25) is 0 Å². The number of aromatic nitrogens is 1. The van der Waals surface area contributed by atoms with Crippen molar-refractivity contribution in [1.82, 2.24) is 9.88 Å². The smallest absolute Gasteiger partial charge is 0.161 e. The van der Waals surface area contributed by atoms with Crippen molar-refractivity contribution in [2.45, 2.75) is 107 Å². The molecule has 4 aromatic carbocycles. The molecule has 6 bridgehead atoms. The largest absolute Gasteiger partial charge is 0.508 e. The van der Waals surface area contributed by atoms with Crippen molar-refractivity contribution in [3.8, 4) is 29.1 Å². The van der Waals surface area contributed by atoms with Crippen LogP contribution in [0.3, 0.4) is 0 Å². The molecule has 0 amide bonds. The zero-order chi connectivity index (χ0) is 45.2. The van der Waals surface area contributed by atoms with Crippen LogP contribution in [0.25, 0.3) is 16.6 Å². The predicted molar refractivity (Wildman–Crippen MR) is 257 cm³/mol. The fraction of sp³-hybridized carbons (Fsp3) is 0.429. The van der Waals surface area contributed by atoms with Crippen LogP contribution in [0.1, 0.15) is 91.2 Å². The Bertz CT molecular complexity index is 2670. The number of dihydropyridines is 1. The summed E-state index contributed by atoms with van der Waals surface area (Å²) in [5.74, 6) is 9.46. The summed E-state index contributed by atoms with van der Waals surface area (Å²) in [6.07, 6.45) is 14.1. The summed E-state index contributed by atoms with van der Waals surface area (Å²) in [4.78, 5) is 0. The number of fused-ring (bicyclic) bond motifs is 9. The van der Waals surface area contributed by atoms with Crippen molar-refractivity contribution >= 4 is 16.6 Å². The molecule has 0 radical (unpaired) electrons. The lowest BCUT2D eigenvalue weighted by atomic mass is 9.57. The minimum atomic E-state index is -0.628. The maximum atomic E-state index is 11.7. The van der Waals surface area contributed by atoms with Crippen LogP contribution in [0.4, 0.5) is 0 Å². The van der Waals surface area contributed by atoms with Crippen molar-refractivity contribution < 1.29 is 34.6 Å². The fourth-order valence-corrected chi connectivity index (χ4v) is 11.6. The lowest BCUT2D eigenvalue weighted by Gasteiger charge is -2.49. The van der Waals surface area contributed by atoms with Crippen LogP contribution < -0.4 is 15.8 Å². The van der Waals surface area contributed by atoms with Gasteiger partial charge in [-0.15, -0.1) is 0 Å². The Morgan fingerprint density at radius 2 is 1.77 bits per heavy atom. The number of nitrogens with one attached hydrogen (secondary N) is 1. The average Bonchev–Trinajstić information content (AvgIpc) is 3.76. The first-order chi connectivity index (χ1) is 32.2. The van der Waals surface area contributed by atoms with E-state index in [4.69, 9.17) is 19.9 Å². The second-order valence-corrected chi connectivity index (χ2v) is 19.3. The maximum Gasteiger partial charge on any atom is 0.161 e. The summed E-state index contributed by atoms with van der Waals surface area (Å²) in [5.41, 5.74) is 15.5. The first kappa shape index (κ1) is 44.3. The van der Waals surface area contributed by atoms with E-state index >= 15 is 0 Å². The summed E-state index contributed by atoms with van der Waals surface area (Å²) in [6, 6.07) is 26.6. The SMILES string of the molecule is NC1C=C2C#CC(CCc3ccc(O)cc3)C(CCCO)CCC3CC(O)CCc4ccc(O)c(c4)OCc4cc(C56CCOCC5CCc5ccccc56)cc5cn(cc45)C(=C2CO3)N1. The third-order valence-electron chi connectivity index (χ3n) is 15.2. The Morgan fingerprint density at radius 3 is 2.65 bits per heavy atom. The molecule has 5 aliphatic rings. The average molecular weight is 890 g/mol. The van der Waals surface area contributed by atoms with Gasteiger partial charge in [0.15, 0.2) is 11.5 Å². The normalized spacial score (nSPS) is 26.6. The first-order valence-electron chi connectivity index (χ1n) is 24.2. The molecule has 344 valence electrons. The minimum Gasteiger partial charge on any atom is -0.508 e. The number of hydrogen-bond acceptors (Lipinski definition) is 9. The molecule has 4 aliphatic heterocycles. The summed E-state index contributed by atoms with van der Waals surface area (Å²) < 4.78 is 21.9. The molecule has 0 spiro atoms. The number of aliphatic hydroxyl groups is 2. The van der Waals surface area contributed by atoms with Crippen molar-refractivity contribution in [3.05, 3.63) is 142 Å². The molecule has 10 heteroatoms. The van der Waals surface area contributed by atoms with Gasteiger partial charge in [-0.1, -0.05) is 60.4 Å². The van der Waals surface area contributed by atoms with E-state index in [2.05, 4.69) is 70.5 Å². The second-order valence-electron chi connectivity index (χ2n) is 19.3. The Kier molecular flexibility index (Phi) is 13.0. The number of aromatic hydroxyl groups is 2. The number of ether oxygens (including phenoxy) is 3. The van der Waals surface area contributed by atoms with Gasteiger partial charge in [-0.25, -0.2) is 0 Å². The highest BCUT2D eigenvalue weighted by atomic mass is 16.5. The Morgan fingerprint density at radius 1 is 0.894 bits per heavy atom. The molecule has 5 heterocycles. The molecule has 10 nitrogen and oxygen atoms in total. The van der Waals surface area contributed by atoms with Crippen LogP contribution >= 0.6 is 0 Å². The van der Waals surface area contributed by atoms with Crippen molar-refractivity contribution in [2.75, 3.05) is 26.4 Å². The predicted octanol–water partition coefficient (Wildman–Crippen LogP) is 8.40. The van der Waals surface area contributed by atoms with Gasteiger partial charge >= 0.3 is 0 Å². The van der Waals surface area contributed by atoms with Crippen LogP contribution in [0.15, 0.2) is 108 Å². The van der Waals surface area contributed by atoms with Gasteiger partial charge in [0.1, 0.15) is 18.2 Å². The number of rotatable bonds is 7. The van der Waals surface area contributed by atoms with Gasteiger partial charge in [-0.05, 0) is 159 Å². The number of aliphatic hydroxyl groups excluding tert-OH is 2. The van der Waals surface area contributed by atoms with Gasteiger partial charge in [-0.2, -0.15) is 0 Å². The van der Waals surface area contributed by atoms with Crippen LogP contribution in [0.5, 0.6) is 17.2 Å². The molecule has 1 fully saturated rings. The molecule has 1 saturated heterocycles. The highest BCUT2D eigenvalue weighted by molar-refractivity contribution is 5.88. The van der Waals surface area contributed by atoms with E-state index < -0.39 is 12.3 Å². The molecule has 7 unspecified atom stereocenters. The lowest BCUT2D eigenvalue weighted by molar-refractivity contribution is 0.00498. The van der Waals surface area contributed by atoms with E-state index in [1.165, 1.54) is 16.7 Å². The molecule has 7 atom stereocenters. The summed E-state index contributed by atoms with van der Waals surface area (Å²) >= 11 is 0. The molecule has 66 heavy (non-hydrogen) atoms. The topological polar surface area (TPSA) is 152 Å². The van der Waals surface area contributed by atoms with Crippen molar-refractivity contribution in [2.24, 2.45) is 23.5 Å². The molecule has 1 aromatic heterocycles. The number of nitrogens with zero attached hydrogens (tertiary/aromatic N) is 1. The summed E-state index contributed by atoms with van der Waals surface area (Å²) in [5, 5.41) is 48.5. The number of benzene rings is 4. The van der Waals surface area contributed by atoms with E-state index in [1.807, 2.05) is 30.3 Å². The minimum absolute atomic E-state index is 0.0180. The molecule has 7 N–H and O–H groups in total. The van der Waals surface area contributed by atoms with Crippen LogP contribution in [0, 0.1) is 29.6 Å². The number of phenolic OH excluding ortho intramolecular Hbond substituents is 2. The Hall–Kier alpha value is -5.54. The zero-order valence-electron chi connectivity index (χ0n) is 37.8. The van der Waals surface area contributed by atoms with Crippen molar-refractivity contribution in [1.29, 1.82) is 0 Å². The molecule has 10 rings (SSSR count). The Labute approximate surface area is 388 Å². The third-order valence-corrected chi connectivity index (χ3v) is 15.2. The monoisotopic (exact) mass is 889 g/mol. The molecule has 0 saturated carbocycles. The summed E-state index contributed by atoms with van der Waals surface area (Å²) in [7, 11) is 0. The van der Waals surface area contributed by atoms with Gasteiger partial charge in [0.05, 0.1) is 31.6 Å². The van der Waals surface area contributed by atoms with Crippen LogP contribution in [-0.4, -0.2) is 69.8 Å². The van der Waals surface area contributed by atoms with Crippen molar-refractivity contribution in [3.63, 3.8) is 0 Å². The van der Waals surface area contributed by atoms with Gasteiger partial charge in [0.25, 0.3) is 0 Å². The van der Waals surface area contributed by atoms with Gasteiger partial charge in [0, 0.05) is 58.9 Å². The quantitative estimate of drug-likeness (QED) is 0.0886. The van der Waals surface area contributed by atoms with Gasteiger partial charge < -0.3 is 50.3 Å². The standard InChI is InChI=1S/C56H63N3O7/c57-54-29-41-14-13-39(12-7-36-8-18-46(61)19-9-36)38(5-3-24-60)16-21-48-30-47(62)20-10-37-11-22-52(63)53(26-37)66-33-43-28-45(27-42-31-59(32-49(42)43)55(58-54)50(41)35-65-48)56-23-25-64-34-44(56)17-15-40-4-1-2-6-51(40)56/h1-2,4,6,8-9,11,18-19,22,26-29,31-32,38-39,44,47-48,54,58,60-63H,3,5,7,10,12,15-17,20-21,23-25,30,33-35,57H2. The van der Waals surface area contributed by atoms with Crippen LogP contribution in [-0.2, 0) is 40.8 Å². The van der Waals surface area contributed by atoms with E-state index in [-0.39, 0.29) is 54.7 Å². The van der Waals surface area contributed by atoms with E-state index in [0.29, 0.717) is 50.6 Å². The fourth-order valence-electron chi connectivity index (χ4n) is 11.6. The first-order valence-corrected chi connectivity index (χ1v) is 24.2. The molecular formula is C56H63N3O7. The number of aryl methyl sites for hydroxylation is 3. The van der Waals surface area contributed by atoms with E-state index in [9.17, 15) is 20.4 Å². The number of nitrogens with two attached hydrogens (primary N) is 1. The number of hydrogen-bond donors (Lipinski definition) is 6. The highest BCUT2D eigenvalue weighted by Gasteiger charge is 2.47. The number of phenols is 2. The van der Waals surface area contributed by atoms with Gasteiger partial charge in [0.2, 0.25) is 0 Å².